The fourth-order valence-electron chi connectivity index (χ4n) is 4.23. The highest BCUT2D eigenvalue weighted by Gasteiger charge is 2.33. The molecule has 0 atom stereocenters. The Morgan fingerprint density at radius 1 is 1.15 bits per heavy atom. The molecule has 3 aromatic rings. The van der Waals surface area contributed by atoms with Gasteiger partial charge in [-0.3, -0.25) is 4.79 Å². The number of carbonyl (C=O) groups excluding carboxylic acids is 1. The number of thiazole rings is 1. The van der Waals surface area contributed by atoms with Crippen molar-refractivity contribution in [1.82, 2.24) is 20.3 Å². The summed E-state index contributed by atoms with van der Waals surface area (Å²) in [6.45, 7) is 4.51. The molecule has 0 aliphatic heterocycles. The quantitative estimate of drug-likeness (QED) is 0.439. The zero-order valence-electron chi connectivity index (χ0n) is 18.9. The molecule has 1 amide bonds. The largest absolute Gasteiger partial charge is 0.433 e. The van der Waals surface area contributed by atoms with Gasteiger partial charge in [-0.1, -0.05) is 6.07 Å². The Labute approximate surface area is 200 Å². The van der Waals surface area contributed by atoms with Crippen molar-refractivity contribution in [3.05, 3.63) is 52.9 Å². The van der Waals surface area contributed by atoms with E-state index in [0.29, 0.717) is 18.2 Å². The number of amides is 1. The lowest BCUT2D eigenvalue weighted by atomic mass is 9.82. The summed E-state index contributed by atoms with van der Waals surface area (Å²) in [5, 5.41) is 6.86. The van der Waals surface area contributed by atoms with Crippen LogP contribution in [0, 0.1) is 12.8 Å². The monoisotopic (exact) mass is 489 g/mol. The summed E-state index contributed by atoms with van der Waals surface area (Å²) in [4.78, 5) is 25.2. The standard InChI is InChI=1S/C24H26F3N5OS/c1-3-28-21(33)15-4-6-16(7-5-15)22-30-13-19(34-22)17-10-14(2)11-18(12-17)31-23-29-9-8-20(32-23)24(25,26)27/h8-13,15-16H,3-7H2,1-2H3,(H,28,33)(H,29,31,32). The number of alkyl halides is 3. The molecule has 4 rings (SSSR count). The molecule has 180 valence electrons. The SMILES string of the molecule is CCNC(=O)C1CCC(c2ncc(-c3cc(C)cc(Nc4nccc(C(F)(F)F)n4)c3)s2)CC1. The third-order valence-corrected chi connectivity index (χ3v) is 7.09. The number of aromatic nitrogens is 3. The highest BCUT2D eigenvalue weighted by molar-refractivity contribution is 7.15. The van der Waals surface area contributed by atoms with E-state index in [2.05, 4.69) is 25.6 Å². The van der Waals surface area contributed by atoms with E-state index < -0.39 is 11.9 Å². The summed E-state index contributed by atoms with van der Waals surface area (Å²) in [5.41, 5.74) is 1.48. The topological polar surface area (TPSA) is 79.8 Å². The van der Waals surface area contributed by atoms with E-state index in [1.165, 1.54) is 0 Å². The molecule has 1 saturated carbocycles. The summed E-state index contributed by atoms with van der Waals surface area (Å²) in [7, 11) is 0. The molecule has 2 N–H and O–H groups in total. The van der Waals surface area contributed by atoms with Gasteiger partial charge < -0.3 is 10.6 Å². The second-order valence-corrected chi connectivity index (χ2v) is 9.54. The maximum absolute atomic E-state index is 13.0. The first-order chi connectivity index (χ1) is 16.2. The average Bonchev–Trinajstić information content (AvgIpc) is 3.29. The van der Waals surface area contributed by atoms with Crippen molar-refractivity contribution in [2.45, 2.75) is 51.6 Å². The first-order valence-electron chi connectivity index (χ1n) is 11.3. The van der Waals surface area contributed by atoms with Gasteiger partial charge in [0.25, 0.3) is 0 Å². The summed E-state index contributed by atoms with van der Waals surface area (Å²) in [6, 6.07) is 6.55. The van der Waals surface area contributed by atoms with Crippen molar-refractivity contribution >= 4 is 28.9 Å². The van der Waals surface area contributed by atoms with Crippen LogP contribution in [0.15, 0.2) is 36.7 Å². The lowest BCUT2D eigenvalue weighted by Crippen LogP contribution is -2.32. The Bertz CT molecular complexity index is 1160. The van der Waals surface area contributed by atoms with E-state index in [0.717, 1.165) is 59.0 Å². The maximum atomic E-state index is 13.0. The van der Waals surface area contributed by atoms with Crippen molar-refractivity contribution in [2.24, 2.45) is 5.92 Å². The summed E-state index contributed by atoms with van der Waals surface area (Å²) >= 11 is 1.62. The lowest BCUT2D eigenvalue weighted by Gasteiger charge is -2.26. The average molecular weight is 490 g/mol. The van der Waals surface area contributed by atoms with Crippen LogP contribution < -0.4 is 10.6 Å². The minimum Gasteiger partial charge on any atom is -0.356 e. The Balaban J connectivity index is 1.48. The van der Waals surface area contributed by atoms with Gasteiger partial charge in [0.2, 0.25) is 11.9 Å². The number of halogens is 3. The van der Waals surface area contributed by atoms with E-state index in [9.17, 15) is 18.0 Å². The van der Waals surface area contributed by atoms with Crippen LogP contribution >= 0.6 is 11.3 Å². The van der Waals surface area contributed by atoms with Crippen molar-refractivity contribution in [3.8, 4) is 10.4 Å². The molecular weight excluding hydrogens is 463 g/mol. The predicted octanol–water partition coefficient (Wildman–Crippen LogP) is 6.08. The third-order valence-electron chi connectivity index (χ3n) is 5.89. The van der Waals surface area contributed by atoms with Crippen LogP contribution in [0.25, 0.3) is 10.4 Å². The number of anilines is 2. The Kier molecular flexibility index (Phi) is 7.16. The molecule has 2 heterocycles. The number of hydrogen-bond donors (Lipinski definition) is 2. The zero-order chi connectivity index (χ0) is 24.3. The number of nitrogens with zero attached hydrogens (tertiary/aromatic N) is 3. The van der Waals surface area contributed by atoms with Crippen LogP contribution in [-0.4, -0.2) is 27.4 Å². The van der Waals surface area contributed by atoms with Gasteiger partial charge in [-0.05, 0) is 68.9 Å². The predicted molar refractivity (Wildman–Crippen MR) is 126 cm³/mol. The second-order valence-electron chi connectivity index (χ2n) is 8.48. The molecule has 34 heavy (non-hydrogen) atoms. The van der Waals surface area contributed by atoms with Crippen LogP contribution in [-0.2, 0) is 11.0 Å². The number of rotatable bonds is 6. The number of aryl methyl sites for hydroxylation is 1. The molecule has 0 saturated heterocycles. The molecule has 0 spiro atoms. The fourth-order valence-corrected chi connectivity index (χ4v) is 5.31. The van der Waals surface area contributed by atoms with Crippen molar-refractivity contribution in [1.29, 1.82) is 0 Å². The zero-order valence-corrected chi connectivity index (χ0v) is 19.8. The van der Waals surface area contributed by atoms with E-state index in [1.807, 2.05) is 38.2 Å². The van der Waals surface area contributed by atoms with Gasteiger partial charge in [-0.15, -0.1) is 11.3 Å². The van der Waals surface area contributed by atoms with Crippen LogP contribution in [0.1, 0.15) is 54.8 Å². The van der Waals surface area contributed by atoms with E-state index in [-0.39, 0.29) is 17.8 Å². The van der Waals surface area contributed by atoms with Crippen molar-refractivity contribution in [2.75, 3.05) is 11.9 Å². The summed E-state index contributed by atoms with van der Waals surface area (Å²) < 4.78 is 38.9. The van der Waals surface area contributed by atoms with Gasteiger partial charge in [-0.25, -0.2) is 15.0 Å². The lowest BCUT2D eigenvalue weighted by molar-refractivity contribution is -0.141. The first kappa shape index (κ1) is 24.1. The van der Waals surface area contributed by atoms with Crippen molar-refractivity contribution < 1.29 is 18.0 Å². The van der Waals surface area contributed by atoms with E-state index >= 15 is 0 Å². The van der Waals surface area contributed by atoms with Crippen molar-refractivity contribution in [3.63, 3.8) is 0 Å². The smallest absolute Gasteiger partial charge is 0.356 e. The minimum absolute atomic E-state index is 0.0825. The number of benzene rings is 1. The van der Waals surface area contributed by atoms with Gasteiger partial charge in [0, 0.05) is 36.5 Å². The maximum Gasteiger partial charge on any atom is 0.433 e. The highest BCUT2D eigenvalue weighted by atomic mass is 32.1. The molecule has 1 aromatic carbocycles. The molecule has 0 bridgehead atoms. The molecule has 1 fully saturated rings. The number of carbonyl (C=O) groups is 1. The highest BCUT2D eigenvalue weighted by Crippen LogP contribution is 2.40. The van der Waals surface area contributed by atoms with Gasteiger partial charge in [-0.2, -0.15) is 13.2 Å². The van der Waals surface area contributed by atoms with Crippen LogP contribution in [0.2, 0.25) is 0 Å². The Morgan fingerprint density at radius 3 is 2.62 bits per heavy atom. The van der Waals surface area contributed by atoms with Gasteiger partial charge in [0.1, 0.15) is 5.69 Å². The molecule has 0 radical (unpaired) electrons. The number of hydrogen-bond acceptors (Lipinski definition) is 6. The van der Waals surface area contributed by atoms with E-state index in [1.54, 1.807) is 11.3 Å². The van der Waals surface area contributed by atoms with Crippen LogP contribution in [0.4, 0.5) is 24.8 Å². The van der Waals surface area contributed by atoms with Gasteiger partial charge in [0.05, 0.1) is 9.88 Å². The van der Waals surface area contributed by atoms with Gasteiger partial charge in [0.15, 0.2) is 0 Å². The number of nitrogens with one attached hydrogen (secondary N) is 2. The first-order valence-corrected chi connectivity index (χ1v) is 12.1. The summed E-state index contributed by atoms with van der Waals surface area (Å²) in [5.74, 6) is 0.454. The molecular formula is C24H26F3N5OS. The molecule has 0 unspecified atom stereocenters. The molecule has 10 heteroatoms. The minimum atomic E-state index is -4.53. The molecule has 1 aliphatic carbocycles. The molecule has 2 aromatic heterocycles. The second kappa shape index (κ2) is 10.1. The van der Waals surface area contributed by atoms with E-state index in [4.69, 9.17) is 0 Å². The van der Waals surface area contributed by atoms with Gasteiger partial charge >= 0.3 is 6.18 Å². The van der Waals surface area contributed by atoms with Crippen LogP contribution in [0.3, 0.4) is 0 Å². The molecule has 6 nitrogen and oxygen atoms in total. The molecule has 1 aliphatic rings. The summed E-state index contributed by atoms with van der Waals surface area (Å²) in [6.07, 6.45) is 1.99. The normalized spacial score (nSPS) is 18.5. The fraction of sp³-hybridized carbons (Fsp3) is 0.417. The third kappa shape index (κ3) is 5.72. The Morgan fingerprint density at radius 2 is 1.91 bits per heavy atom. The Hall–Kier alpha value is -3.01. The van der Waals surface area contributed by atoms with Crippen LogP contribution in [0.5, 0.6) is 0 Å².